The molecule has 1 atom stereocenters. The number of aryl methyl sites for hydroxylation is 1. The molecule has 0 spiro atoms. The average molecular weight is 273 g/mol. The van der Waals surface area contributed by atoms with E-state index in [9.17, 15) is 0 Å². The molecule has 1 aliphatic rings. The number of rotatable bonds is 1. The molecule has 1 nitrogen and oxygen atoms in total. The zero-order valence-corrected chi connectivity index (χ0v) is 13.6. The van der Waals surface area contributed by atoms with E-state index in [0.29, 0.717) is 0 Å². The minimum atomic E-state index is 0.752. The van der Waals surface area contributed by atoms with E-state index in [1.165, 1.54) is 51.6 Å². The van der Waals surface area contributed by atoms with Gasteiger partial charge in [-0.2, -0.15) is 0 Å². The van der Waals surface area contributed by atoms with Gasteiger partial charge >= 0.3 is 0 Å². The third kappa shape index (κ3) is 4.34. The Labute approximate surface area is 125 Å². The first-order chi connectivity index (χ1) is 9.68. The van der Waals surface area contributed by atoms with Crippen LogP contribution in [0.15, 0.2) is 24.3 Å². The zero-order chi connectivity index (χ0) is 14.4. The van der Waals surface area contributed by atoms with Crippen LogP contribution in [-0.2, 0) is 6.42 Å². The Balaban J connectivity index is 2.19. The van der Waals surface area contributed by atoms with Gasteiger partial charge in [0.2, 0.25) is 0 Å². The summed E-state index contributed by atoms with van der Waals surface area (Å²) >= 11 is 0. The molecule has 0 saturated heterocycles. The Bertz CT molecular complexity index is 397. The summed E-state index contributed by atoms with van der Waals surface area (Å²) in [5, 5.41) is 0. The maximum absolute atomic E-state index is 2.50. The second kappa shape index (κ2) is 7.83. The Kier molecular flexibility index (Phi) is 6.09. The van der Waals surface area contributed by atoms with Crippen molar-refractivity contribution in [3.05, 3.63) is 35.4 Å². The molecule has 1 aliphatic heterocycles. The van der Waals surface area contributed by atoms with Crippen LogP contribution in [0, 0.1) is 5.92 Å². The minimum Gasteiger partial charge on any atom is -0.306 e. The van der Waals surface area contributed by atoms with Crippen molar-refractivity contribution in [1.82, 2.24) is 4.90 Å². The van der Waals surface area contributed by atoms with Crippen molar-refractivity contribution in [1.29, 1.82) is 0 Å². The van der Waals surface area contributed by atoms with Gasteiger partial charge in [0, 0.05) is 0 Å². The molecule has 0 aromatic heterocycles. The summed E-state index contributed by atoms with van der Waals surface area (Å²) in [5.74, 6) is 1.50. The highest BCUT2D eigenvalue weighted by molar-refractivity contribution is 5.31. The van der Waals surface area contributed by atoms with Gasteiger partial charge in [0.25, 0.3) is 0 Å². The van der Waals surface area contributed by atoms with Gasteiger partial charge < -0.3 is 4.90 Å². The summed E-state index contributed by atoms with van der Waals surface area (Å²) in [4.78, 5) is 2.50. The summed E-state index contributed by atoms with van der Waals surface area (Å²) in [7, 11) is 2.27. The lowest BCUT2D eigenvalue weighted by Gasteiger charge is -2.26. The predicted molar refractivity (Wildman–Crippen MR) is 88.3 cm³/mol. The van der Waals surface area contributed by atoms with Crippen LogP contribution in [0.2, 0.25) is 0 Å². The van der Waals surface area contributed by atoms with E-state index in [0.717, 1.165) is 11.8 Å². The maximum atomic E-state index is 2.50. The van der Waals surface area contributed by atoms with Crippen molar-refractivity contribution in [2.24, 2.45) is 5.92 Å². The third-order valence-corrected chi connectivity index (χ3v) is 4.80. The molecule has 1 aromatic rings. The fourth-order valence-corrected chi connectivity index (χ4v) is 3.55. The highest BCUT2D eigenvalue weighted by Gasteiger charge is 2.18. The maximum Gasteiger partial charge on any atom is -0.00186 e. The molecular weight excluding hydrogens is 242 g/mol. The Morgan fingerprint density at radius 1 is 1.00 bits per heavy atom. The molecule has 1 unspecified atom stereocenters. The smallest absolute Gasteiger partial charge is 0.00186 e. The van der Waals surface area contributed by atoms with E-state index >= 15 is 0 Å². The Morgan fingerprint density at radius 3 is 2.55 bits per heavy atom. The monoisotopic (exact) mass is 273 g/mol. The number of hydrogen-bond donors (Lipinski definition) is 0. The van der Waals surface area contributed by atoms with E-state index in [4.69, 9.17) is 0 Å². The second-order valence-electron chi connectivity index (χ2n) is 6.81. The highest BCUT2D eigenvalue weighted by atomic mass is 15.1. The molecular formula is C19H31N. The molecule has 0 N–H and O–H groups in total. The standard InChI is InChI=1S/C19H31N/c1-16(2)18-12-5-4-8-14-20(3)15-9-11-17-10-6-7-13-19(17)18/h6-7,10,13,16,18H,4-5,8-9,11-12,14-15H2,1-3H3. The first-order valence-electron chi connectivity index (χ1n) is 8.45. The van der Waals surface area contributed by atoms with Crippen molar-refractivity contribution in [3.8, 4) is 0 Å². The molecule has 1 heteroatoms. The lowest BCUT2D eigenvalue weighted by Crippen LogP contribution is -2.22. The topological polar surface area (TPSA) is 3.24 Å². The first-order valence-corrected chi connectivity index (χ1v) is 8.45. The Morgan fingerprint density at radius 2 is 1.75 bits per heavy atom. The molecule has 2 rings (SSSR count). The van der Waals surface area contributed by atoms with Crippen LogP contribution in [0.25, 0.3) is 0 Å². The molecule has 112 valence electrons. The predicted octanol–water partition coefficient (Wildman–Crippen LogP) is 4.86. The van der Waals surface area contributed by atoms with Gasteiger partial charge in [-0.05, 0) is 68.8 Å². The van der Waals surface area contributed by atoms with Gasteiger partial charge in [0.15, 0.2) is 0 Å². The molecule has 0 aliphatic carbocycles. The van der Waals surface area contributed by atoms with Gasteiger partial charge in [0.1, 0.15) is 0 Å². The minimum absolute atomic E-state index is 0.752. The van der Waals surface area contributed by atoms with Gasteiger partial charge in [0.05, 0.1) is 0 Å². The molecule has 0 radical (unpaired) electrons. The van der Waals surface area contributed by atoms with Crippen LogP contribution >= 0.6 is 0 Å². The molecule has 0 saturated carbocycles. The van der Waals surface area contributed by atoms with E-state index in [1.54, 1.807) is 11.1 Å². The molecule has 0 amide bonds. The van der Waals surface area contributed by atoms with Crippen molar-refractivity contribution in [3.63, 3.8) is 0 Å². The van der Waals surface area contributed by atoms with E-state index < -0.39 is 0 Å². The van der Waals surface area contributed by atoms with Crippen molar-refractivity contribution < 1.29 is 0 Å². The SMILES string of the molecule is CC(C)C1CCCCCN(C)CCCc2ccccc21. The highest BCUT2D eigenvalue weighted by Crippen LogP contribution is 2.33. The fourth-order valence-electron chi connectivity index (χ4n) is 3.55. The van der Waals surface area contributed by atoms with E-state index in [2.05, 4.69) is 50.1 Å². The number of nitrogens with zero attached hydrogens (tertiary/aromatic N) is 1. The van der Waals surface area contributed by atoms with Gasteiger partial charge in [-0.3, -0.25) is 0 Å². The third-order valence-electron chi connectivity index (χ3n) is 4.80. The van der Waals surface area contributed by atoms with Gasteiger partial charge in [-0.15, -0.1) is 0 Å². The van der Waals surface area contributed by atoms with E-state index in [1.807, 2.05) is 0 Å². The molecule has 1 aromatic carbocycles. The van der Waals surface area contributed by atoms with Gasteiger partial charge in [-0.1, -0.05) is 51.0 Å². The van der Waals surface area contributed by atoms with Crippen LogP contribution in [0.1, 0.15) is 63.0 Å². The summed E-state index contributed by atoms with van der Waals surface area (Å²) in [6.07, 6.45) is 8.02. The number of hydrogen-bond acceptors (Lipinski definition) is 1. The summed E-state index contributed by atoms with van der Waals surface area (Å²) in [6, 6.07) is 9.18. The average Bonchev–Trinajstić information content (AvgIpc) is 2.42. The number of fused-ring (bicyclic) bond motifs is 1. The van der Waals surface area contributed by atoms with Crippen LogP contribution < -0.4 is 0 Å². The lowest BCUT2D eigenvalue weighted by molar-refractivity contribution is 0.314. The van der Waals surface area contributed by atoms with E-state index in [-0.39, 0.29) is 0 Å². The van der Waals surface area contributed by atoms with Crippen molar-refractivity contribution in [2.75, 3.05) is 20.1 Å². The van der Waals surface area contributed by atoms with Crippen molar-refractivity contribution >= 4 is 0 Å². The van der Waals surface area contributed by atoms with Gasteiger partial charge in [-0.25, -0.2) is 0 Å². The largest absolute Gasteiger partial charge is 0.306 e. The quantitative estimate of drug-likeness (QED) is 0.706. The van der Waals surface area contributed by atoms with Crippen molar-refractivity contribution in [2.45, 2.75) is 58.3 Å². The zero-order valence-electron chi connectivity index (χ0n) is 13.6. The molecule has 1 heterocycles. The first kappa shape index (κ1) is 15.6. The molecule has 0 fully saturated rings. The second-order valence-corrected chi connectivity index (χ2v) is 6.81. The summed E-state index contributed by atoms with van der Waals surface area (Å²) in [6.45, 7) is 7.29. The molecule has 0 bridgehead atoms. The van der Waals surface area contributed by atoms with Crippen LogP contribution in [-0.4, -0.2) is 25.0 Å². The summed E-state index contributed by atoms with van der Waals surface area (Å²) < 4.78 is 0. The normalized spacial score (nSPS) is 22.9. The van der Waals surface area contributed by atoms with Crippen LogP contribution in [0.3, 0.4) is 0 Å². The fraction of sp³-hybridized carbons (Fsp3) is 0.684. The Hall–Kier alpha value is -0.820. The lowest BCUT2D eigenvalue weighted by atomic mass is 9.81. The summed E-state index contributed by atoms with van der Waals surface area (Å²) in [5.41, 5.74) is 3.23. The van der Waals surface area contributed by atoms with Crippen LogP contribution in [0.4, 0.5) is 0 Å². The van der Waals surface area contributed by atoms with Crippen LogP contribution in [0.5, 0.6) is 0 Å². The molecule has 20 heavy (non-hydrogen) atoms. The number of benzene rings is 1.